The molecule has 0 aliphatic heterocycles. The van der Waals surface area contributed by atoms with Gasteiger partial charge < -0.3 is 15.1 Å². The van der Waals surface area contributed by atoms with E-state index in [1.54, 1.807) is 12.1 Å². The fraction of sp³-hybridized carbons (Fsp3) is 0.125. The summed E-state index contributed by atoms with van der Waals surface area (Å²) in [5, 5.41) is 19.5. The first-order valence-corrected chi connectivity index (χ1v) is 10.9. The molecule has 0 radical (unpaired) electrons. The Morgan fingerprint density at radius 2 is 2.14 bits per heavy atom. The normalized spacial score (nSPS) is 12.0. The molecule has 0 spiro atoms. The average molecular weight is 503 g/mol. The molecule has 3 N–H and O–H groups in total. The van der Waals surface area contributed by atoms with Crippen LogP contribution in [0, 0.1) is 11.3 Å². The van der Waals surface area contributed by atoms with Crippen molar-refractivity contribution in [3.63, 3.8) is 0 Å². The molecule has 3 rings (SSSR count). The fourth-order valence-electron chi connectivity index (χ4n) is 2.41. The Balaban J connectivity index is 2.03. The third-order valence-corrected chi connectivity index (χ3v) is 7.31. The first kappa shape index (κ1) is 21.4. The lowest BCUT2D eigenvalue weighted by Gasteiger charge is -2.16. The van der Waals surface area contributed by atoms with E-state index < -0.39 is 24.0 Å². The van der Waals surface area contributed by atoms with Crippen molar-refractivity contribution >= 4 is 50.9 Å². The highest BCUT2D eigenvalue weighted by Gasteiger charge is 2.53. The van der Waals surface area contributed by atoms with Gasteiger partial charge in [0.1, 0.15) is 10.9 Å². The summed E-state index contributed by atoms with van der Waals surface area (Å²) in [6.45, 7) is 0.0545. The summed E-state index contributed by atoms with van der Waals surface area (Å²) in [6.07, 6.45) is 1.47. The average Bonchev–Trinajstić information content (AvgIpc) is 3.02. The minimum absolute atomic E-state index is 0.0162. The molecule has 0 atom stereocenters. The number of hydrogen-bond donors (Lipinski definition) is 3. The predicted octanol–water partition coefficient (Wildman–Crippen LogP) is 3.48. The molecule has 8 nitrogen and oxygen atoms in total. The summed E-state index contributed by atoms with van der Waals surface area (Å²) in [4.78, 5) is 29.5. The van der Waals surface area contributed by atoms with Crippen molar-refractivity contribution in [1.82, 2.24) is 15.5 Å². The molecule has 0 saturated heterocycles. The number of nitriles is 1. The lowest BCUT2D eigenvalue weighted by Crippen LogP contribution is -2.23. The Kier molecular flexibility index (Phi) is 5.80. The molecule has 0 aliphatic rings. The van der Waals surface area contributed by atoms with Gasteiger partial charge in [0.15, 0.2) is 0 Å². The molecule has 2 aromatic heterocycles. The van der Waals surface area contributed by atoms with Gasteiger partial charge in [0.2, 0.25) is 0 Å². The van der Waals surface area contributed by atoms with E-state index in [0.717, 1.165) is 0 Å². The quantitative estimate of drug-likeness (QED) is 0.454. The van der Waals surface area contributed by atoms with Crippen molar-refractivity contribution in [3.05, 3.63) is 56.6 Å². The summed E-state index contributed by atoms with van der Waals surface area (Å²) in [6, 6.07) is 7.58. The zero-order valence-electron chi connectivity index (χ0n) is 14.1. The Morgan fingerprint density at radius 3 is 2.72 bits per heavy atom. The number of carbonyl (C=O) groups excluding carboxylic acids is 1. The number of amides is 1. The first-order chi connectivity index (χ1) is 13.6. The summed E-state index contributed by atoms with van der Waals surface area (Å²) in [5.41, 5.74) is -4.02. The maximum absolute atomic E-state index is 14.2. The maximum Gasteiger partial charge on any atom is 0.400 e. The second-order valence-corrected chi connectivity index (χ2v) is 9.20. The molecule has 150 valence electrons. The number of hydrogen-bond acceptors (Lipinski definition) is 6. The summed E-state index contributed by atoms with van der Waals surface area (Å²) < 4.78 is 39.4. The molecule has 0 fully saturated rings. The molecule has 0 saturated carbocycles. The SMILES string of the molecule is N#Cc1cc(C(=O)NCc2cccnn2)cc2c(Br)c(C(F)(F)P(=O)(O)O)sc12. The van der Waals surface area contributed by atoms with Crippen LogP contribution in [0.3, 0.4) is 0 Å². The Hall–Kier alpha value is -2.29. The van der Waals surface area contributed by atoms with E-state index in [4.69, 9.17) is 9.79 Å². The van der Waals surface area contributed by atoms with Crippen molar-refractivity contribution < 1.29 is 27.9 Å². The number of aromatic nitrogens is 2. The van der Waals surface area contributed by atoms with Crippen LogP contribution < -0.4 is 5.32 Å². The minimum atomic E-state index is -5.80. The highest BCUT2D eigenvalue weighted by Crippen LogP contribution is 2.63. The van der Waals surface area contributed by atoms with Crippen LogP contribution in [0.2, 0.25) is 0 Å². The number of nitrogens with one attached hydrogen (secondary N) is 1. The molecule has 1 amide bonds. The van der Waals surface area contributed by atoms with E-state index in [2.05, 4.69) is 31.4 Å². The lowest BCUT2D eigenvalue weighted by atomic mass is 10.1. The van der Waals surface area contributed by atoms with E-state index >= 15 is 0 Å². The van der Waals surface area contributed by atoms with Gasteiger partial charge in [-0.1, -0.05) is 0 Å². The number of carbonyl (C=O) groups is 1. The zero-order chi connectivity index (χ0) is 21.4. The zero-order valence-corrected chi connectivity index (χ0v) is 17.4. The number of halogens is 3. The van der Waals surface area contributed by atoms with Crippen LogP contribution in [0.4, 0.5) is 8.78 Å². The highest BCUT2D eigenvalue weighted by molar-refractivity contribution is 9.10. The lowest BCUT2D eigenvalue weighted by molar-refractivity contribution is 0.0595. The fourth-order valence-corrected chi connectivity index (χ4v) is 5.38. The molecule has 0 bridgehead atoms. The van der Waals surface area contributed by atoms with Crippen LogP contribution in [0.5, 0.6) is 0 Å². The Morgan fingerprint density at radius 1 is 1.41 bits per heavy atom. The van der Waals surface area contributed by atoms with Crippen LogP contribution in [0.25, 0.3) is 10.1 Å². The number of benzene rings is 1. The number of nitrogens with zero attached hydrogens (tertiary/aromatic N) is 3. The van der Waals surface area contributed by atoms with Gasteiger partial charge in [-0.25, -0.2) is 0 Å². The van der Waals surface area contributed by atoms with Crippen molar-refractivity contribution in [3.8, 4) is 6.07 Å². The molecule has 1 aromatic carbocycles. The van der Waals surface area contributed by atoms with E-state index in [1.807, 2.05) is 6.07 Å². The van der Waals surface area contributed by atoms with Crippen molar-refractivity contribution in [1.29, 1.82) is 5.26 Å². The molecular formula is C16H10BrF2N4O4PS. The molecule has 0 unspecified atom stereocenters. The third kappa shape index (κ3) is 4.05. The largest absolute Gasteiger partial charge is 0.400 e. The van der Waals surface area contributed by atoms with Crippen molar-refractivity contribution in [2.45, 2.75) is 12.2 Å². The van der Waals surface area contributed by atoms with Gasteiger partial charge in [0.25, 0.3) is 5.91 Å². The number of alkyl halides is 2. The molecule has 3 aromatic rings. The Labute approximate surface area is 174 Å². The number of fused-ring (bicyclic) bond motifs is 1. The van der Waals surface area contributed by atoms with Gasteiger partial charge in [0, 0.05) is 21.6 Å². The van der Waals surface area contributed by atoms with Gasteiger partial charge in [-0.05, 0) is 40.2 Å². The number of rotatable bonds is 5. The number of thiophene rings is 1. The summed E-state index contributed by atoms with van der Waals surface area (Å²) >= 11 is 3.31. The Bertz CT molecular complexity index is 1190. The van der Waals surface area contributed by atoms with Gasteiger partial charge in [-0.3, -0.25) is 9.36 Å². The van der Waals surface area contributed by atoms with Crippen LogP contribution in [0.15, 0.2) is 34.9 Å². The van der Waals surface area contributed by atoms with Crippen LogP contribution in [-0.4, -0.2) is 25.9 Å². The van der Waals surface area contributed by atoms with Crippen molar-refractivity contribution in [2.24, 2.45) is 0 Å². The topological polar surface area (TPSA) is 136 Å². The molecular weight excluding hydrogens is 493 g/mol. The van der Waals surface area contributed by atoms with Crippen LogP contribution in [0.1, 0.15) is 26.5 Å². The van der Waals surface area contributed by atoms with Gasteiger partial charge >= 0.3 is 13.3 Å². The minimum Gasteiger partial charge on any atom is -0.346 e. The highest BCUT2D eigenvalue weighted by atomic mass is 79.9. The molecule has 2 heterocycles. The second kappa shape index (κ2) is 7.85. The molecule has 29 heavy (non-hydrogen) atoms. The van der Waals surface area contributed by atoms with Crippen LogP contribution in [-0.2, 0) is 16.8 Å². The van der Waals surface area contributed by atoms with Crippen LogP contribution >= 0.6 is 34.9 Å². The van der Waals surface area contributed by atoms with Crippen molar-refractivity contribution in [2.75, 3.05) is 0 Å². The van der Waals surface area contributed by atoms with Gasteiger partial charge in [-0.2, -0.15) is 24.2 Å². The maximum atomic E-state index is 14.2. The van der Waals surface area contributed by atoms with E-state index in [-0.39, 0.29) is 32.2 Å². The molecule has 0 aliphatic carbocycles. The van der Waals surface area contributed by atoms with Gasteiger partial charge in [-0.15, -0.1) is 11.3 Å². The monoisotopic (exact) mass is 502 g/mol. The van der Waals surface area contributed by atoms with E-state index in [0.29, 0.717) is 17.0 Å². The third-order valence-electron chi connectivity index (χ3n) is 3.81. The molecule has 13 heteroatoms. The summed E-state index contributed by atoms with van der Waals surface area (Å²) in [5.74, 6) is -0.588. The predicted molar refractivity (Wildman–Crippen MR) is 103 cm³/mol. The standard InChI is InChI=1S/C16H10BrF2N4O4PS/c17-12-11-5-8(15(24)21-7-10-2-1-3-22-23-10)4-9(6-20)13(11)29-14(12)16(18,19)28(25,26)27/h1-5H,7H2,(H,21,24)(H2,25,26,27). The first-order valence-electron chi connectivity index (χ1n) is 7.71. The van der Waals surface area contributed by atoms with Gasteiger partial charge in [0.05, 0.1) is 22.5 Å². The second-order valence-electron chi connectivity index (χ2n) is 5.74. The van der Waals surface area contributed by atoms with E-state index in [1.165, 1.54) is 18.3 Å². The smallest absolute Gasteiger partial charge is 0.346 e. The summed E-state index contributed by atoms with van der Waals surface area (Å²) in [7, 11) is -5.80. The van der Waals surface area contributed by atoms with E-state index in [9.17, 15) is 23.4 Å².